The molecule has 0 spiro atoms. The molecule has 2 saturated heterocycles. The first-order chi connectivity index (χ1) is 10.2. The van der Waals surface area contributed by atoms with E-state index in [1.807, 2.05) is 24.3 Å². The molecular weight excluding hydrogens is 276 g/mol. The van der Waals surface area contributed by atoms with Crippen LogP contribution in [0.5, 0.6) is 5.75 Å². The second kappa shape index (κ2) is 6.29. The molecule has 0 saturated carbocycles. The third-order valence-corrected chi connectivity index (χ3v) is 3.84. The molecule has 0 aliphatic carbocycles. The Morgan fingerprint density at radius 1 is 1.10 bits per heavy atom. The van der Waals surface area contributed by atoms with Crippen LogP contribution in [0.3, 0.4) is 0 Å². The average molecular weight is 296 g/mol. The van der Waals surface area contributed by atoms with Crippen molar-refractivity contribution in [3.63, 3.8) is 0 Å². The van der Waals surface area contributed by atoms with Gasteiger partial charge in [-0.15, -0.1) is 0 Å². The first kappa shape index (κ1) is 14.7. The summed E-state index contributed by atoms with van der Waals surface area (Å²) in [7, 11) is 3.14. The van der Waals surface area contributed by atoms with Gasteiger partial charge < -0.3 is 28.8 Å². The SMILES string of the molecule is COc1ccc(C2OC[C@H]3O[C@H](OC)[C@@H](O)C[C@H]3O2)cc1. The molecule has 2 aliphatic rings. The highest BCUT2D eigenvalue weighted by Crippen LogP contribution is 2.34. The van der Waals surface area contributed by atoms with Crippen molar-refractivity contribution in [3.05, 3.63) is 29.8 Å². The van der Waals surface area contributed by atoms with Gasteiger partial charge >= 0.3 is 0 Å². The fraction of sp³-hybridized carbons (Fsp3) is 0.600. The zero-order valence-electron chi connectivity index (χ0n) is 12.1. The third kappa shape index (κ3) is 3.04. The molecule has 6 heteroatoms. The monoisotopic (exact) mass is 296 g/mol. The van der Waals surface area contributed by atoms with Crippen LogP contribution < -0.4 is 4.74 Å². The van der Waals surface area contributed by atoms with Crippen LogP contribution in [0.4, 0.5) is 0 Å². The zero-order chi connectivity index (χ0) is 14.8. The first-order valence-corrected chi connectivity index (χ1v) is 6.98. The lowest BCUT2D eigenvalue weighted by Crippen LogP contribution is -2.53. The minimum absolute atomic E-state index is 0.202. The van der Waals surface area contributed by atoms with E-state index in [0.29, 0.717) is 13.0 Å². The number of aliphatic hydroxyl groups excluding tert-OH is 1. The molecule has 1 aromatic carbocycles. The van der Waals surface area contributed by atoms with Crippen molar-refractivity contribution in [1.82, 2.24) is 0 Å². The van der Waals surface area contributed by atoms with Crippen molar-refractivity contribution in [2.75, 3.05) is 20.8 Å². The van der Waals surface area contributed by atoms with E-state index >= 15 is 0 Å². The molecule has 2 heterocycles. The topological polar surface area (TPSA) is 66.4 Å². The van der Waals surface area contributed by atoms with Gasteiger partial charge in [0.2, 0.25) is 0 Å². The molecule has 21 heavy (non-hydrogen) atoms. The second-order valence-electron chi connectivity index (χ2n) is 5.19. The van der Waals surface area contributed by atoms with E-state index < -0.39 is 18.7 Å². The summed E-state index contributed by atoms with van der Waals surface area (Å²) in [6.45, 7) is 0.411. The van der Waals surface area contributed by atoms with Gasteiger partial charge in [0.1, 0.15) is 18.0 Å². The Morgan fingerprint density at radius 3 is 2.52 bits per heavy atom. The molecule has 1 aromatic rings. The number of methoxy groups -OCH3 is 2. The number of hydrogen-bond acceptors (Lipinski definition) is 6. The molecule has 1 unspecified atom stereocenters. The van der Waals surface area contributed by atoms with Gasteiger partial charge in [-0.2, -0.15) is 0 Å². The Labute approximate surface area is 123 Å². The van der Waals surface area contributed by atoms with Gasteiger partial charge in [-0.25, -0.2) is 0 Å². The Balaban J connectivity index is 1.66. The molecule has 116 valence electrons. The summed E-state index contributed by atoms with van der Waals surface area (Å²) in [5.74, 6) is 0.784. The summed E-state index contributed by atoms with van der Waals surface area (Å²) in [6.07, 6.45) is -1.70. The minimum Gasteiger partial charge on any atom is -0.497 e. The lowest BCUT2D eigenvalue weighted by molar-refractivity contribution is -0.333. The molecular formula is C15H20O6. The summed E-state index contributed by atoms with van der Waals surface area (Å²) < 4.78 is 27.5. The van der Waals surface area contributed by atoms with E-state index in [1.165, 1.54) is 7.11 Å². The van der Waals surface area contributed by atoms with Crippen molar-refractivity contribution in [1.29, 1.82) is 0 Å². The van der Waals surface area contributed by atoms with Crippen LogP contribution in [-0.2, 0) is 18.9 Å². The predicted octanol–water partition coefficient (Wildman–Crippen LogP) is 1.23. The average Bonchev–Trinajstić information content (AvgIpc) is 2.53. The molecule has 0 aromatic heterocycles. The smallest absolute Gasteiger partial charge is 0.184 e. The number of rotatable bonds is 3. The van der Waals surface area contributed by atoms with Crippen LogP contribution in [0.2, 0.25) is 0 Å². The van der Waals surface area contributed by atoms with E-state index in [0.717, 1.165) is 11.3 Å². The largest absolute Gasteiger partial charge is 0.497 e. The van der Waals surface area contributed by atoms with Crippen LogP contribution in [0.1, 0.15) is 18.3 Å². The van der Waals surface area contributed by atoms with E-state index in [-0.39, 0.29) is 12.2 Å². The fourth-order valence-corrected chi connectivity index (χ4v) is 2.67. The molecule has 3 rings (SSSR count). The Kier molecular flexibility index (Phi) is 4.42. The zero-order valence-corrected chi connectivity index (χ0v) is 12.1. The van der Waals surface area contributed by atoms with E-state index in [9.17, 15) is 5.11 Å². The van der Waals surface area contributed by atoms with Crippen LogP contribution in [-0.4, -0.2) is 50.5 Å². The van der Waals surface area contributed by atoms with Gasteiger partial charge in [-0.1, -0.05) is 12.1 Å². The predicted molar refractivity (Wildman–Crippen MR) is 72.9 cm³/mol. The van der Waals surface area contributed by atoms with Crippen LogP contribution in [0.25, 0.3) is 0 Å². The Morgan fingerprint density at radius 2 is 1.86 bits per heavy atom. The van der Waals surface area contributed by atoms with Gasteiger partial charge in [0.15, 0.2) is 12.6 Å². The van der Waals surface area contributed by atoms with Crippen LogP contribution in [0, 0.1) is 0 Å². The molecule has 2 fully saturated rings. The molecule has 6 nitrogen and oxygen atoms in total. The lowest BCUT2D eigenvalue weighted by Gasteiger charge is -2.43. The summed E-state index contributed by atoms with van der Waals surface area (Å²) in [6, 6.07) is 7.53. The highest BCUT2D eigenvalue weighted by atomic mass is 16.7. The van der Waals surface area contributed by atoms with E-state index in [2.05, 4.69) is 0 Å². The molecule has 0 bridgehead atoms. The molecule has 0 radical (unpaired) electrons. The maximum Gasteiger partial charge on any atom is 0.184 e. The number of benzene rings is 1. The van der Waals surface area contributed by atoms with Gasteiger partial charge in [-0.3, -0.25) is 0 Å². The van der Waals surface area contributed by atoms with Crippen molar-refractivity contribution < 1.29 is 28.8 Å². The first-order valence-electron chi connectivity index (χ1n) is 6.98. The molecule has 5 atom stereocenters. The minimum atomic E-state index is -0.689. The number of hydrogen-bond donors (Lipinski definition) is 1. The van der Waals surface area contributed by atoms with Crippen molar-refractivity contribution in [2.45, 2.75) is 37.3 Å². The van der Waals surface area contributed by atoms with Gasteiger partial charge in [0.05, 0.1) is 19.8 Å². The number of aliphatic hydroxyl groups is 1. The summed E-state index contributed by atoms with van der Waals surface area (Å²) in [4.78, 5) is 0. The van der Waals surface area contributed by atoms with Crippen molar-refractivity contribution in [3.8, 4) is 5.75 Å². The number of fused-ring (bicyclic) bond motifs is 1. The standard InChI is InChI=1S/C15H20O6/c1-17-10-5-3-9(4-6-10)14-19-8-13-12(20-14)7-11(16)15(18-2)21-13/h3-6,11-16H,7-8H2,1-2H3/t11-,12+,13+,14?,15-/m0/s1. The van der Waals surface area contributed by atoms with Crippen molar-refractivity contribution in [2.24, 2.45) is 0 Å². The summed E-state index contributed by atoms with van der Waals surface area (Å²) in [5, 5.41) is 9.95. The van der Waals surface area contributed by atoms with Gasteiger partial charge in [0, 0.05) is 19.1 Å². The Bertz CT molecular complexity index is 462. The third-order valence-electron chi connectivity index (χ3n) is 3.84. The maximum absolute atomic E-state index is 9.95. The summed E-state index contributed by atoms with van der Waals surface area (Å²) >= 11 is 0. The lowest BCUT2D eigenvalue weighted by atomic mass is 10.0. The molecule has 1 N–H and O–H groups in total. The van der Waals surface area contributed by atoms with E-state index in [1.54, 1.807) is 7.11 Å². The van der Waals surface area contributed by atoms with E-state index in [4.69, 9.17) is 23.7 Å². The quantitative estimate of drug-likeness (QED) is 0.905. The number of ether oxygens (including phenoxy) is 5. The highest BCUT2D eigenvalue weighted by molar-refractivity contribution is 5.28. The van der Waals surface area contributed by atoms with Crippen LogP contribution in [0.15, 0.2) is 24.3 Å². The van der Waals surface area contributed by atoms with Gasteiger partial charge in [-0.05, 0) is 12.1 Å². The normalized spacial score (nSPS) is 36.0. The van der Waals surface area contributed by atoms with Gasteiger partial charge in [0.25, 0.3) is 0 Å². The highest BCUT2D eigenvalue weighted by Gasteiger charge is 2.42. The molecule has 2 aliphatic heterocycles. The van der Waals surface area contributed by atoms with Crippen molar-refractivity contribution >= 4 is 0 Å². The second-order valence-corrected chi connectivity index (χ2v) is 5.19. The maximum atomic E-state index is 9.95. The Hall–Kier alpha value is -1.18. The fourth-order valence-electron chi connectivity index (χ4n) is 2.67. The van der Waals surface area contributed by atoms with Crippen LogP contribution >= 0.6 is 0 Å². The molecule has 0 amide bonds. The summed E-state index contributed by atoms with van der Waals surface area (Å²) in [5.41, 5.74) is 0.914.